The number of carbonyl (C=O) groups is 1. The minimum absolute atomic E-state index is 0.0123. The molecule has 0 aromatic heterocycles. The van der Waals surface area contributed by atoms with Crippen LogP contribution in [-0.4, -0.2) is 46.8 Å². The normalized spacial score (nSPS) is 20.3. The molecule has 23 heavy (non-hydrogen) atoms. The molecule has 1 aromatic rings. The number of amides is 1. The fraction of sp³-hybridized carbons (Fsp3) is 0.462. The molecule has 10 heteroatoms. The highest BCUT2D eigenvalue weighted by molar-refractivity contribution is 7.91. The van der Waals surface area contributed by atoms with Crippen LogP contribution < -0.4 is 10.0 Å². The summed E-state index contributed by atoms with van der Waals surface area (Å²) >= 11 is 0. The van der Waals surface area contributed by atoms with Gasteiger partial charge in [0, 0.05) is 6.04 Å². The molecule has 1 heterocycles. The van der Waals surface area contributed by atoms with Crippen molar-refractivity contribution in [2.45, 2.75) is 24.3 Å². The molecule has 1 atom stereocenters. The number of hydrogen-bond donors (Lipinski definition) is 2. The SMILES string of the molecule is Cc1cc(F)ccc1S(=O)(=O)NCC(=O)NC1CCS(=O)(=O)C1. The number of benzene rings is 1. The van der Waals surface area contributed by atoms with Crippen molar-refractivity contribution in [3.63, 3.8) is 0 Å². The fourth-order valence-corrected chi connectivity index (χ4v) is 5.22. The van der Waals surface area contributed by atoms with Gasteiger partial charge in [-0.15, -0.1) is 0 Å². The second-order valence-electron chi connectivity index (χ2n) is 5.40. The zero-order valence-corrected chi connectivity index (χ0v) is 14.0. The number of carbonyl (C=O) groups excluding carboxylic acids is 1. The van der Waals surface area contributed by atoms with Crippen molar-refractivity contribution >= 4 is 25.8 Å². The van der Waals surface area contributed by atoms with Gasteiger partial charge in [-0.2, -0.15) is 0 Å². The quantitative estimate of drug-likeness (QED) is 0.747. The zero-order valence-electron chi connectivity index (χ0n) is 12.4. The van der Waals surface area contributed by atoms with Gasteiger partial charge in [-0.05, 0) is 37.1 Å². The van der Waals surface area contributed by atoms with E-state index in [0.29, 0.717) is 6.42 Å². The van der Waals surface area contributed by atoms with E-state index in [1.165, 1.54) is 6.92 Å². The largest absolute Gasteiger partial charge is 0.351 e. The van der Waals surface area contributed by atoms with Crippen LogP contribution in [0.5, 0.6) is 0 Å². The number of sulfone groups is 1. The van der Waals surface area contributed by atoms with E-state index in [9.17, 15) is 26.0 Å². The molecule has 2 N–H and O–H groups in total. The molecule has 0 spiro atoms. The lowest BCUT2D eigenvalue weighted by atomic mass is 10.2. The van der Waals surface area contributed by atoms with E-state index >= 15 is 0 Å². The molecule has 1 aliphatic heterocycles. The van der Waals surface area contributed by atoms with Crippen molar-refractivity contribution in [2.24, 2.45) is 0 Å². The van der Waals surface area contributed by atoms with Gasteiger partial charge in [0.25, 0.3) is 0 Å². The van der Waals surface area contributed by atoms with E-state index in [2.05, 4.69) is 10.0 Å². The Morgan fingerprint density at radius 2 is 2.09 bits per heavy atom. The van der Waals surface area contributed by atoms with Crippen LogP contribution in [-0.2, 0) is 24.7 Å². The maximum absolute atomic E-state index is 13.0. The highest BCUT2D eigenvalue weighted by Crippen LogP contribution is 2.15. The van der Waals surface area contributed by atoms with Crippen LogP contribution >= 0.6 is 0 Å². The first kappa shape index (κ1) is 17.8. The Kier molecular flexibility index (Phi) is 5.07. The lowest BCUT2D eigenvalue weighted by Gasteiger charge is -2.12. The van der Waals surface area contributed by atoms with Gasteiger partial charge in [0.05, 0.1) is 22.9 Å². The monoisotopic (exact) mass is 364 g/mol. The van der Waals surface area contributed by atoms with Gasteiger partial charge < -0.3 is 5.32 Å². The minimum Gasteiger partial charge on any atom is -0.351 e. The number of sulfonamides is 1. The van der Waals surface area contributed by atoms with Crippen molar-refractivity contribution < 1.29 is 26.0 Å². The summed E-state index contributed by atoms with van der Waals surface area (Å²) in [7, 11) is -7.08. The summed E-state index contributed by atoms with van der Waals surface area (Å²) in [5.41, 5.74) is 0.222. The zero-order chi connectivity index (χ0) is 17.3. The molecule has 1 amide bonds. The second-order valence-corrected chi connectivity index (χ2v) is 9.37. The van der Waals surface area contributed by atoms with Crippen LogP contribution in [0.25, 0.3) is 0 Å². The molecular formula is C13H17FN2O5S2. The molecule has 1 aromatic carbocycles. The predicted octanol–water partition coefficient (Wildman–Crippen LogP) is -0.284. The lowest BCUT2D eigenvalue weighted by Crippen LogP contribution is -2.42. The second kappa shape index (κ2) is 6.54. The smallest absolute Gasteiger partial charge is 0.241 e. The van der Waals surface area contributed by atoms with E-state index in [-0.39, 0.29) is 22.0 Å². The first-order valence-corrected chi connectivity index (χ1v) is 10.2. The van der Waals surface area contributed by atoms with Crippen molar-refractivity contribution in [1.29, 1.82) is 0 Å². The Labute approximate surface area is 134 Å². The molecule has 0 saturated carbocycles. The topological polar surface area (TPSA) is 109 Å². The molecule has 0 radical (unpaired) electrons. The van der Waals surface area contributed by atoms with E-state index in [1.807, 2.05) is 0 Å². The third-order valence-corrected chi connectivity index (χ3v) is 6.78. The molecule has 1 saturated heterocycles. The average Bonchev–Trinajstić information content (AvgIpc) is 2.75. The van der Waals surface area contributed by atoms with Crippen LogP contribution in [0.15, 0.2) is 23.1 Å². The van der Waals surface area contributed by atoms with Crippen molar-refractivity contribution in [3.05, 3.63) is 29.6 Å². The van der Waals surface area contributed by atoms with Crippen LogP contribution in [0.4, 0.5) is 4.39 Å². The van der Waals surface area contributed by atoms with Gasteiger partial charge in [0.15, 0.2) is 9.84 Å². The summed E-state index contributed by atoms with van der Waals surface area (Å²) in [6.45, 7) is 0.927. The summed E-state index contributed by atoms with van der Waals surface area (Å²) in [4.78, 5) is 11.6. The Hall–Kier alpha value is -1.52. The number of hydrogen-bond acceptors (Lipinski definition) is 5. The molecule has 1 fully saturated rings. The summed E-state index contributed by atoms with van der Waals surface area (Å²) < 4.78 is 61.9. The summed E-state index contributed by atoms with van der Waals surface area (Å²) in [6, 6.07) is 2.72. The standard InChI is InChI=1S/C13H17FN2O5S2/c1-9-6-10(14)2-3-12(9)23(20,21)15-7-13(17)16-11-4-5-22(18,19)8-11/h2-3,6,11,15H,4-5,7-8H2,1H3,(H,16,17). The number of nitrogens with one attached hydrogen (secondary N) is 2. The summed E-state index contributed by atoms with van der Waals surface area (Å²) in [6.07, 6.45) is 0.317. The molecule has 1 unspecified atom stereocenters. The van der Waals surface area contributed by atoms with Gasteiger partial charge in [-0.3, -0.25) is 4.79 Å². The van der Waals surface area contributed by atoms with Crippen molar-refractivity contribution in [3.8, 4) is 0 Å². The van der Waals surface area contributed by atoms with Gasteiger partial charge in [0.1, 0.15) is 5.82 Å². The van der Waals surface area contributed by atoms with Gasteiger partial charge >= 0.3 is 0 Å². The third-order valence-electron chi connectivity index (χ3n) is 3.45. The van der Waals surface area contributed by atoms with Crippen LogP contribution in [0, 0.1) is 12.7 Å². The van der Waals surface area contributed by atoms with Crippen LogP contribution in [0.1, 0.15) is 12.0 Å². The first-order chi connectivity index (χ1) is 10.6. The Bertz CT molecular complexity index is 821. The molecule has 0 aliphatic carbocycles. The van der Waals surface area contributed by atoms with E-state index in [1.54, 1.807) is 0 Å². The van der Waals surface area contributed by atoms with Crippen molar-refractivity contribution in [1.82, 2.24) is 10.0 Å². The highest BCUT2D eigenvalue weighted by atomic mass is 32.2. The fourth-order valence-electron chi connectivity index (χ4n) is 2.34. The Morgan fingerprint density at radius 1 is 1.39 bits per heavy atom. The lowest BCUT2D eigenvalue weighted by molar-refractivity contribution is -0.120. The predicted molar refractivity (Wildman–Crippen MR) is 81.5 cm³/mol. The highest BCUT2D eigenvalue weighted by Gasteiger charge is 2.29. The third kappa shape index (κ3) is 4.72. The maximum atomic E-state index is 13.0. The van der Waals surface area contributed by atoms with E-state index < -0.39 is 44.2 Å². The van der Waals surface area contributed by atoms with Gasteiger partial charge in [-0.1, -0.05) is 0 Å². The molecule has 128 valence electrons. The number of aryl methyl sites for hydroxylation is 1. The molecule has 0 bridgehead atoms. The van der Waals surface area contributed by atoms with Gasteiger partial charge in [0.2, 0.25) is 15.9 Å². The molecule has 1 aliphatic rings. The average molecular weight is 364 g/mol. The molecule has 2 rings (SSSR count). The molecule has 7 nitrogen and oxygen atoms in total. The van der Waals surface area contributed by atoms with E-state index in [4.69, 9.17) is 0 Å². The number of rotatable bonds is 5. The van der Waals surface area contributed by atoms with E-state index in [0.717, 1.165) is 18.2 Å². The minimum atomic E-state index is -3.95. The van der Waals surface area contributed by atoms with Crippen LogP contribution in [0.2, 0.25) is 0 Å². The van der Waals surface area contributed by atoms with Crippen molar-refractivity contribution in [2.75, 3.05) is 18.1 Å². The maximum Gasteiger partial charge on any atom is 0.241 e. The number of halogens is 1. The molecular weight excluding hydrogens is 347 g/mol. The summed E-state index contributed by atoms with van der Waals surface area (Å²) in [5.74, 6) is -1.29. The first-order valence-electron chi connectivity index (χ1n) is 6.85. The van der Waals surface area contributed by atoms with Gasteiger partial charge in [-0.25, -0.2) is 25.9 Å². The van der Waals surface area contributed by atoms with Crippen LogP contribution in [0.3, 0.4) is 0 Å². The Balaban J connectivity index is 1.95. The summed E-state index contributed by atoms with van der Waals surface area (Å²) in [5, 5.41) is 2.48. The Morgan fingerprint density at radius 3 is 2.65 bits per heavy atom.